The van der Waals surface area contributed by atoms with E-state index < -0.39 is 0 Å². The van der Waals surface area contributed by atoms with E-state index in [1.54, 1.807) is 24.3 Å². The minimum Gasteiger partial charge on any atom is -0.349 e. The van der Waals surface area contributed by atoms with Crippen molar-refractivity contribution in [3.63, 3.8) is 0 Å². The Morgan fingerprint density at radius 1 is 0.857 bits per heavy atom. The highest BCUT2D eigenvalue weighted by Crippen LogP contribution is 2.20. The van der Waals surface area contributed by atoms with Crippen LogP contribution in [0.5, 0.6) is 0 Å². The second-order valence-electron chi connectivity index (χ2n) is 5.90. The lowest BCUT2D eigenvalue weighted by molar-refractivity contribution is 0.0938. The van der Waals surface area contributed by atoms with Gasteiger partial charge in [0.25, 0.3) is 5.91 Å². The van der Waals surface area contributed by atoms with Crippen molar-refractivity contribution in [1.29, 1.82) is 0 Å². The molecule has 2 aliphatic carbocycles. The molecule has 2 saturated carbocycles. The van der Waals surface area contributed by atoms with Crippen molar-refractivity contribution in [2.75, 3.05) is 5.32 Å². The van der Waals surface area contributed by atoms with Crippen LogP contribution >= 0.6 is 0 Å². The summed E-state index contributed by atoms with van der Waals surface area (Å²) >= 11 is 0. The largest absolute Gasteiger partial charge is 0.349 e. The topological polar surface area (TPSA) is 70.2 Å². The van der Waals surface area contributed by atoms with Crippen LogP contribution in [0.1, 0.15) is 48.9 Å². The number of nitrogens with one attached hydrogen (secondary N) is 3. The van der Waals surface area contributed by atoms with Gasteiger partial charge in [0.15, 0.2) is 0 Å². The molecule has 0 aliphatic heterocycles. The Morgan fingerprint density at radius 3 is 2.10 bits per heavy atom. The average Bonchev–Trinajstić information content (AvgIpc) is 3.13. The molecule has 0 atom stereocenters. The molecule has 0 heterocycles. The zero-order valence-corrected chi connectivity index (χ0v) is 12.0. The van der Waals surface area contributed by atoms with Gasteiger partial charge in [-0.3, -0.25) is 4.79 Å². The minimum absolute atomic E-state index is 0.0316. The SMILES string of the molecule is O=C(Nc1ccc(C(=O)NC2CCCC2)cc1)NC1CC1. The van der Waals surface area contributed by atoms with Gasteiger partial charge in [0.1, 0.15) is 0 Å². The predicted molar refractivity (Wildman–Crippen MR) is 81.3 cm³/mol. The molecule has 3 amide bonds. The fourth-order valence-corrected chi connectivity index (χ4v) is 2.62. The second kappa shape index (κ2) is 6.16. The van der Waals surface area contributed by atoms with E-state index in [1.807, 2.05) is 0 Å². The molecule has 0 spiro atoms. The number of anilines is 1. The van der Waals surface area contributed by atoms with Crippen molar-refractivity contribution in [3.8, 4) is 0 Å². The van der Waals surface area contributed by atoms with Gasteiger partial charge in [-0.15, -0.1) is 0 Å². The van der Waals surface area contributed by atoms with Crippen LogP contribution in [0.15, 0.2) is 24.3 Å². The molecule has 0 aromatic heterocycles. The van der Waals surface area contributed by atoms with E-state index in [2.05, 4.69) is 16.0 Å². The van der Waals surface area contributed by atoms with Crippen LogP contribution in [-0.2, 0) is 0 Å². The smallest absolute Gasteiger partial charge is 0.319 e. The van der Waals surface area contributed by atoms with E-state index >= 15 is 0 Å². The Kier molecular flexibility index (Phi) is 4.08. The molecule has 0 bridgehead atoms. The summed E-state index contributed by atoms with van der Waals surface area (Å²) in [5, 5.41) is 8.68. The molecule has 3 N–H and O–H groups in total. The summed E-state index contributed by atoms with van der Waals surface area (Å²) < 4.78 is 0. The first-order valence-electron chi connectivity index (χ1n) is 7.69. The third-order valence-corrected chi connectivity index (χ3v) is 4.01. The number of hydrogen-bond donors (Lipinski definition) is 3. The van der Waals surface area contributed by atoms with Gasteiger partial charge in [-0.05, 0) is 49.9 Å². The summed E-state index contributed by atoms with van der Waals surface area (Å²) in [6.45, 7) is 0. The highest BCUT2D eigenvalue weighted by atomic mass is 16.2. The zero-order valence-electron chi connectivity index (χ0n) is 12.0. The summed E-state index contributed by atoms with van der Waals surface area (Å²) in [6, 6.07) is 7.49. The monoisotopic (exact) mass is 287 g/mol. The van der Waals surface area contributed by atoms with E-state index in [0.29, 0.717) is 23.3 Å². The highest BCUT2D eigenvalue weighted by molar-refractivity contribution is 5.95. The first-order chi connectivity index (χ1) is 10.2. The van der Waals surface area contributed by atoms with E-state index in [9.17, 15) is 9.59 Å². The lowest BCUT2D eigenvalue weighted by atomic mass is 10.1. The molecule has 3 rings (SSSR count). The number of benzene rings is 1. The fourth-order valence-electron chi connectivity index (χ4n) is 2.62. The Bertz CT molecular complexity index is 517. The summed E-state index contributed by atoms with van der Waals surface area (Å²) in [5.74, 6) is -0.0316. The third-order valence-electron chi connectivity index (χ3n) is 4.01. The Balaban J connectivity index is 1.52. The van der Waals surface area contributed by atoms with Crippen molar-refractivity contribution in [2.24, 2.45) is 0 Å². The number of hydrogen-bond acceptors (Lipinski definition) is 2. The van der Waals surface area contributed by atoms with Gasteiger partial charge in [0, 0.05) is 23.3 Å². The van der Waals surface area contributed by atoms with Crippen LogP contribution in [0.4, 0.5) is 10.5 Å². The molecular formula is C16H21N3O2. The Morgan fingerprint density at radius 2 is 1.48 bits per heavy atom. The minimum atomic E-state index is -0.180. The van der Waals surface area contributed by atoms with Gasteiger partial charge in [0.2, 0.25) is 0 Å². The predicted octanol–water partition coefficient (Wildman–Crippen LogP) is 2.64. The summed E-state index contributed by atoms with van der Waals surface area (Å²) in [4.78, 5) is 23.7. The normalized spacial score (nSPS) is 18.3. The molecule has 5 heteroatoms. The molecule has 21 heavy (non-hydrogen) atoms. The zero-order chi connectivity index (χ0) is 14.7. The van der Waals surface area contributed by atoms with Crippen LogP contribution < -0.4 is 16.0 Å². The maximum absolute atomic E-state index is 12.1. The van der Waals surface area contributed by atoms with Crippen molar-refractivity contribution < 1.29 is 9.59 Å². The van der Waals surface area contributed by atoms with Crippen LogP contribution in [0, 0.1) is 0 Å². The molecule has 112 valence electrons. The molecule has 1 aromatic carbocycles. The molecule has 0 unspecified atom stereocenters. The Hall–Kier alpha value is -2.04. The first kappa shape index (κ1) is 13.9. The quantitative estimate of drug-likeness (QED) is 0.796. The van der Waals surface area contributed by atoms with Crippen molar-refractivity contribution in [3.05, 3.63) is 29.8 Å². The number of amides is 3. The summed E-state index contributed by atoms with van der Waals surface area (Å²) in [7, 11) is 0. The van der Waals surface area contributed by atoms with Gasteiger partial charge >= 0.3 is 6.03 Å². The molecular weight excluding hydrogens is 266 g/mol. The van der Waals surface area contributed by atoms with E-state index in [0.717, 1.165) is 25.7 Å². The number of carbonyl (C=O) groups is 2. The maximum atomic E-state index is 12.1. The fraction of sp³-hybridized carbons (Fsp3) is 0.500. The summed E-state index contributed by atoms with van der Waals surface area (Å²) in [5.41, 5.74) is 1.33. The van der Waals surface area contributed by atoms with Gasteiger partial charge in [0.05, 0.1) is 0 Å². The Labute approximate surface area is 124 Å². The van der Waals surface area contributed by atoms with Gasteiger partial charge in [-0.25, -0.2) is 4.79 Å². The molecule has 0 radical (unpaired) electrons. The molecule has 2 aliphatic rings. The van der Waals surface area contributed by atoms with E-state index in [-0.39, 0.29) is 11.9 Å². The third kappa shape index (κ3) is 3.97. The highest BCUT2D eigenvalue weighted by Gasteiger charge is 2.23. The number of carbonyl (C=O) groups excluding carboxylic acids is 2. The number of urea groups is 1. The molecule has 2 fully saturated rings. The van der Waals surface area contributed by atoms with Crippen LogP contribution in [0.2, 0.25) is 0 Å². The van der Waals surface area contributed by atoms with Gasteiger partial charge < -0.3 is 16.0 Å². The average molecular weight is 287 g/mol. The first-order valence-corrected chi connectivity index (χ1v) is 7.69. The van der Waals surface area contributed by atoms with Crippen LogP contribution in [0.3, 0.4) is 0 Å². The van der Waals surface area contributed by atoms with Gasteiger partial charge in [-0.2, -0.15) is 0 Å². The molecule has 1 aromatic rings. The van der Waals surface area contributed by atoms with Crippen molar-refractivity contribution in [1.82, 2.24) is 10.6 Å². The molecule has 5 nitrogen and oxygen atoms in total. The van der Waals surface area contributed by atoms with E-state index in [1.165, 1.54) is 12.8 Å². The van der Waals surface area contributed by atoms with Crippen LogP contribution in [0.25, 0.3) is 0 Å². The summed E-state index contributed by atoms with van der Waals surface area (Å²) in [6.07, 6.45) is 6.68. The standard InChI is InChI=1S/C16H21N3O2/c20-15(17-12-3-1-2-4-12)11-5-7-13(8-6-11)18-16(21)19-14-9-10-14/h5-8,12,14H,1-4,9-10H2,(H,17,20)(H2,18,19,21). The van der Waals surface area contributed by atoms with Gasteiger partial charge in [-0.1, -0.05) is 12.8 Å². The lowest BCUT2D eigenvalue weighted by Gasteiger charge is -2.12. The van der Waals surface area contributed by atoms with Crippen molar-refractivity contribution in [2.45, 2.75) is 50.6 Å². The second-order valence-corrected chi connectivity index (χ2v) is 5.90. The lowest BCUT2D eigenvalue weighted by Crippen LogP contribution is -2.32. The maximum Gasteiger partial charge on any atom is 0.319 e. The van der Waals surface area contributed by atoms with Crippen LogP contribution in [-0.4, -0.2) is 24.0 Å². The number of rotatable bonds is 4. The van der Waals surface area contributed by atoms with Crippen molar-refractivity contribution >= 4 is 17.6 Å². The van der Waals surface area contributed by atoms with E-state index in [4.69, 9.17) is 0 Å². The molecule has 0 saturated heterocycles.